The first-order chi connectivity index (χ1) is 10.1. The first-order valence-corrected chi connectivity index (χ1v) is 9.29. The largest absolute Gasteiger partial charge is 0.240 e. The summed E-state index contributed by atoms with van der Waals surface area (Å²) >= 11 is 1.73. The molecule has 0 aliphatic heterocycles. The molecule has 0 saturated heterocycles. The summed E-state index contributed by atoms with van der Waals surface area (Å²) in [5.74, 6) is 0.889. The lowest BCUT2D eigenvalue weighted by molar-refractivity contribution is 0.581. The van der Waals surface area contributed by atoms with E-state index in [1.807, 2.05) is 25.1 Å². The van der Waals surface area contributed by atoms with Gasteiger partial charge in [0.1, 0.15) is 0 Å². The van der Waals surface area contributed by atoms with E-state index in [-0.39, 0.29) is 0 Å². The van der Waals surface area contributed by atoms with Gasteiger partial charge in [0.15, 0.2) is 0 Å². The van der Waals surface area contributed by atoms with Crippen LogP contribution in [0, 0.1) is 6.92 Å². The molecule has 0 saturated carbocycles. The van der Waals surface area contributed by atoms with E-state index in [0.29, 0.717) is 11.4 Å². The Morgan fingerprint density at radius 1 is 1.00 bits per heavy atom. The van der Waals surface area contributed by atoms with E-state index in [2.05, 4.69) is 16.9 Å². The number of hydrogen-bond acceptors (Lipinski definition) is 3. The fourth-order valence-electron chi connectivity index (χ4n) is 1.79. The molecule has 0 fully saturated rings. The quantitative estimate of drug-likeness (QED) is 0.627. The molecule has 112 valence electrons. The Kier molecular flexibility index (Phi) is 5.85. The van der Waals surface area contributed by atoms with Crippen molar-refractivity contribution in [3.63, 3.8) is 0 Å². The number of aryl methyl sites for hydroxylation is 1. The lowest BCUT2D eigenvalue weighted by Crippen LogP contribution is -2.25. The Morgan fingerprint density at radius 2 is 1.67 bits per heavy atom. The maximum absolute atomic E-state index is 12.1. The summed E-state index contributed by atoms with van der Waals surface area (Å²) in [7, 11) is -3.38. The molecule has 0 unspecified atom stereocenters. The predicted octanol–water partition coefficient (Wildman–Crippen LogP) is 3.46. The molecule has 0 bridgehead atoms. The van der Waals surface area contributed by atoms with Gasteiger partial charge >= 0.3 is 0 Å². The molecule has 0 aromatic heterocycles. The van der Waals surface area contributed by atoms with Crippen molar-refractivity contribution in [2.75, 3.05) is 12.3 Å². The van der Waals surface area contributed by atoms with Crippen molar-refractivity contribution in [1.29, 1.82) is 0 Å². The minimum Gasteiger partial charge on any atom is -0.211 e. The normalized spacial score (nSPS) is 11.5. The Balaban J connectivity index is 1.76. The van der Waals surface area contributed by atoms with Crippen molar-refractivity contribution in [2.45, 2.75) is 23.1 Å². The van der Waals surface area contributed by atoms with Gasteiger partial charge in [-0.3, -0.25) is 0 Å². The molecule has 1 N–H and O–H groups in total. The van der Waals surface area contributed by atoms with E-state index < -0.39 is 10.0 Å². The first kappa shape index (κ1) is 16.1. The van der Waals surface area contributed by atoms with Crippen LogP contribution in [0.3, 0.4) is 0 Å². The zero-order valence-corrected chi connectivity index (χ0v) is 13.6. The van der Waals surface area contributed by atoms with Crippen molar-refractivity contribution < 1.29 is 8.42 Å². The number of rotatable bonds is 7. The van der Waals surface area contributed by atoms with Crippen LogP contribution in [0.4, 0.5) is 0 Å². The summed E-state index contributed by atoms with van der Waals surface area (Å²) in [5, 5.41) is 0. The third-order valence-corrected chi connectivity index (χ3v) is 5.53. The summed E-state index contributed by atoms with van der Waals surface area (Å²) in [6.07, 6.45) is 0.796. The van der Waals surface area contributed by atoms with Gasteiger partial charge in [0.25, 0.3) is 0 Å². The molecule has 0 spiro atoms. The van der Waals surface area contributed by atoms with Gasteiger partial charge in [0, 0.05) is 11.4 Å². The van der Waals surface area contributed by atoms with Crippen LogP contribution in [0.2, 0.25) is 0 Å². The number of nitrogens with one attached hydrogen (secondary N) is 1. The molecule has 2 aromatic carbocycles. The van der Waals surface area contributed by atoms with Gasteiger partial charge in [-0.25, -0.2) is 13.1 Å². The summed E-state index contributed by atoms with van der Waals surface area (Å²) in [6.45, 7) is 2.39. The van der Waals surface area contributed by atoms with Crippen molar-refractivity contribution in [3.8, 4) is 0 Å². The summed E-state index contributed by atoms with van der Waals surface area (Å²) < 4.78 is 26.8. The zero-order chi connectivity index (χ0) is 15.1. The molecular formula is C16H19NO2S2. The molecule has 0 radical (unpaired) electrons. The third kappa shape index (κ3) is 5.19. The van der Waals surface area contributed by atoms with Crippen LogP contribution in [0.15, 0.2) is 64.4 Å². The topological polar surface area (TPSA) is 46.2 Å². The Hall–Kier alpha value is -1.30. The Morgan fingerprint density at radius 3 is 2.33 bits per heavy atom. The van der Waals surface area contributed by atoms with Crippen LogP contribution in [-0.4, -0.2) is 20.7 Å². The molecule has 3 nitrogen and oxygen atoms in total. The van der Waals surface area contributed by atoms with Gasteiger partial charge < -0.3 is 0 Å². The van der Waals surface area contributed by atoms with Gasteiger partial charge in [-0.15, -0.1) is 11.8 Å². The SMILES string of the molecule is Cc1ccc(S(=O)(=O)NCCCSc2ccccc2)cc1. The molecule has 0 aliphatic rings. The van der Waals surface area contributed by atoms with Crippen LogP contribution in [0.25, 0.3) is 0 Å². The van der Waals surface area contributed by atoms with Crippen molar-refractivity contribution in [3.05, 3.63) is 60.2 Å². The highest BCUT2D eigenvalue weighted by Crippen LogP contribution is 2.17. The van der Waals surface area contributed by atoms with Crippen molar-refractivity contribution in [2.24, 2.45) is 0 Å². The highest BCUT2D eigenvalue weighted by molar-refractivity contribution is 7.99. The minimum absolute atomic E-state index is 0.323. The number of benzene rings is 2. The van der Waals surface area contributed by atoms with Crippen molar-refractivity contribution >= 4 is 21.8 Å². The fourth-order valence-corrected chi connectivity index (χ4v) is 3.73. The molecule has 2 aromatic rings. The molecular weight excluding hydrogens is 302 g/mol. The Bertz CT molecular complexity index is 652. The van der Waals surface area contributed by atoms with E-state index in [9.17, 15) is 8.42 Å². The zero-order valence-electron chi connectivity index (χ0n) is 12.0. The molecule has 0 aliphatic carbocycles. The number of thioether (sulfide) groups is 1. The average molecular weight is 321 g/mol. The van der Waals surface area contributed by atoms with Gasteiger partial charge in [0.05, 0.1) is 4.90 Å². The lowest BCUT2D eigenvalue weighted by Gasteiger charge is -2.07. The molecule has 2 rings (SSSR count). The van der Waals surface area contributed by atoms with E-state index in [0.717, 1.165) is 17.7 Å². The second-order valence-electron chi connectivity index (χ2n) is 4.73. The molecule has 21 heavy (non-hydrogen) atoms. The highest BCUT2D eigenvalue weighted by Gasteiger charge is 2.12. The van der Waals surface area contributed by atoms with Crippen LogP contribution in [0.1, 0.15) is 12.0 Å². The van der Waals surface area contributed by atoms with E-state index in [1.165, 1.54) is 4.90 Å². The second-order valence-corrected chi connectivity index (χ2v) is 7.66. The van der Waals surface area contributed by atoms with E-state index in [4.69, 9.17) is 0 Å². The lowest BCUT2D eigenvalue weighted by atomic mass is 10.2. The van der Waals surface area contributed by atoms with Gasteiger partial charge in [-0.1, -0.05) is 35.9 Å². The maximum Gasteiger partial charge on any atom is 0.240 e. The number of hydrogen-bond donors (Lipinski definition) is 1. The molecule has 0 heterocycles. The smallest absolute Gasteiger partial charge is 0.211 e. The van der Waals surface area contributed by atoms with E-state index in [1.54, 1.807) is 36.0 Å². The van der Waals surface area contributed by atoms with Crippen LogP contribution >= 0.6 is 11.8 Å². The van der Waals surface area contributed by atoms with Crippen molar-refractivity contribution in [1.82, 2.24) is 4.72 Å². The third-order valence-electron chi connectivity index (χ3n) is 2.96. The highest BCUT2D eigenvalue weighted by atomic mass is 32.2. The standard InChI is InChI=1S/C16H19NO2S2/c1-14-8-10-16(11-9-14)21(18,19)17-12-5-13-20-15-6-3-2-4-7-15/h2-4,6-11,17H,5,12-13H2,1H3. The summed E-state index contributed by atoms with van der Waals surface area (Å²) in [5.41, 5.74) is 1.05. The van der Waals surface area contributed by atoms with Gasteiger partial charge in [-0.05, 0) is 43.4 Å². The predicted molar refractivity (Wildman–Crippen MR) is 88.2 cm³/mol. The van der Waals surface area contributed by atoms with Gasteiger partial charge in [-0.2, -0.15) is 0 Å². The molecule has 5 heteroatoms. The average Bonchev–Trinajstić information content (AvgIpc) is 2.48. The van der Waals surface area contributed by atoms with E-state index >= 15 is 0 Å². The number of sulfonamides is 1. The monoisotopic (exact) mass is 321 g/mol. The van der Waals surface area contributed by atoms with Crippen LogP contribution in [0.5, 0.6) is 0 Å². The minimum atomic E-state index is -3.38. The summed E-state index contributed by atoms with van der Waals surface area (Å²) in [4.78, 5) is 1.53. The Labute approximate surface area is 130 Å². The van der Waals surface area contributed by atoms with Crippen LogP contribution < -0.4 is 4.72 Å². The van der Waals surface area contributed by atoms with Crippen LogP contribution in [-0.2, 0) is 10.0 Å². The maximum atomic E-state index is 12.1. The van der Waals surface area contributed by atoms with Gasteiger partial charge in [0.2, 0.25) is 10.0 Å². The first-order valence-electron chi connectivity index (χ1n) is 6.82. The fraction of sp³-hybridized carbons (Fsp3) is 0.250. The molecule has 0 amide bonds. The summed E-state index contributed by atoms with van der Waals surface area (Å²) in [6, 6.07) is 17.0. The second kappa shape index (κ2) is 7.64. The molecule has 0 atom stereocenters.